The fraction of sp³-hybridized carbons (Fsp3) is 0.438. The van der Waals surface area contributed by atoms with Gasteiger partial charge in [-0.3, -0.25) is 4.57 Å². The van der Waals surface area contributed by atoms with Crippen LogP contribution in [0.1, 0.15) is 38.2 Å². The fourth-order valence-corrected chi connectivity index (χ4v) is 3.34. The van der Waals surface area contributed by atoms with E-state index in [0.717, 1.165) is 16.8 Å². The van der Waals surface area contributed by atoms with Crippen LogP contribution in [0.4, 0.5) is 5.95 Å². The van der Waals surface area contributed by atoms with Crippen LogP contribution in [0.5, 0.6) is 0 Å². The Kier molecular flexibility index (Phi) is 4.10. The van der Waals surface area contributed by atoms with Gasteiger partial charge >= 0.3 is 0 Å². The average molecular weight is 334 g/mol. The van der Waals surface area contributed by atoms with Gasteiger partial charge in [-0.15, -0.1) is 0 Å². The number of aromatic nitrogens is 2. The molecule has 3 rings (SSSR count). The molecule has 1 saturated carbocycles. The van der Waals surface area contributed by atoms with Gasteiger partial charge in [-0.2, -0.15) is 0 Å². The maximum Gasteiger partial charge on any atom is 0.207 e. The molecule has 0 spiro atoms. The highest BCUT2D eigenvalue weighted by Gasteiger charge is 2.17. The van der Waals surface area contributed by atoms with E-state index in [-0.39, 0.29) is 0 Å². The van der Waals surface area contributed by atoms with E-state index in [1.165, 1.54) is 36.9 Å². The van der Waals surface area contributed by atoms with Crippen LogP contribution in [0.3, 0.4) is 0 Å². The Morgan fingerprint density at radius 1 is 1.35 bits per heavy atom. The topological polar surface area (TPSA) is 29.9 Å². The summed E-state index contributed by atoms with van der Waals surface area (Å²) in [5.74, 6) is 0.967. The molecule has 0 bridgehead atoms. The van der Waals surface area contributed by atoms with Gasteiger partial charge in [-0.25, -0.2) is 4.98 Å². The van der Waals surface area contributed by atoms with Crippen LogP contribution in [-0.4, -0.2) is 15.6 Å². The first-order valence-corrected chi connectivity index (χ1v) is 8.16. The van der Waals surface area contributed by atoms with E-state index in [0.29, 0.717) is 6.04 Å². The summed E-state index contributed by atoms with van der Waals surface area (Å²) < 4.78 is 3.30. The second kappa shape index (κ2) is 6.00. The maximum atomic E-state index is 4.49. The molecular formula is C16H20BrN3. The van der Waals surface area contributed by atoms with Gasteiger partial charge < -0.3 is 5.32 Å². The summed E-state index contributed by atoms with van der Waals surface area (Å²) in [6.07, 6.45) is 10.1. The van der Waals surface area contributed by atoms with Crippen molar-refractivity contribution < 1.29 is 0 Å². The number of hydrogen-bond acceptors (Lipinski definition) is 2. The predicted molar refractivity (Wildman–Crippen MR) is 86.5 cm³/mol. The van der Waals surface area contributed by atoms with Crippen molar-refractivity contribution in [1.82, 2.24) is 9.55 Å². The largest absolute Gasteiger partial charge is 0.353 e. The first kappa shape index (κ1) is 13.7. The smallest absolute Gasteiger partial charge is 0.207 e. The number of hydrogen-bond donors (Lipinski definition) is 1. The number of imidazole rings is 1. The maximum absolute atomic E-state index is 4.49. The summed E-state index contributed by atoms with van der Waals surface area (Å²) >= 11 is 3.55. The standard InChI is InChI=1S/C16H20BrN3/c1-2-12-11-13(17)7-8-15(12)20-10-9-18-16(20)19-14-5-3-4-6-14/h7-11,14H,2-6H2,1H3,(H,18,19). The zero-order valence-electron chi connectivity index (χ0n) is 11.8. The molecule has 2 aromatic rings. The van der Waals surface area contributed by atoms with Crippen LogP contribution >= 0.6 is 15.9 Å². The van der Waals surface area contributed by atoms with Crippen LogP contribution in [0.2, 0.25) is 0 Å². The lowest BCUT2D eigenvalue weighted by Gasteiger charge is -2.16. The minimum atomic E-state index is 0.580. The van der Waals surface area contributed by atoms with E-state index < -0.39 is 0 Å². The van der Waals surface area contributed by atoms with Crippen molar-refractivity contribution in [2.75, 3.05) is 5.32 Å². The molecule has 1 aliphatic rings. The Morgan fingerprint density at radius 3 is 2.90 bits per heavy atom. The number of halogens is 1. The lowest BCUT2D eigenvalue weighted by atomic mass is 10.1. The molecule has 1 heterocycles. The van der Waals surface area contributed by atoms with E-state index in [2.05, 4.69) is 55.9 Å². The van der Waals surface area contributed by atoms with Crippen LogP contribution in [-0.2, 0) is 6.42 Å². The number of anilines is 1. The molecule has 0 unspecified atom stereocenters. The van der Waals surface area contributed by atoms with Gasteiger partial charge in [0, 0.05) is 22.9 Å². The summed E-state index contributed by atoms with van der Waals surface area (Å²) in [6, 6.07) is 7.02. The molecule has 1 N–H and O–H groups in total. The van der Waals surface area contributed by atoms with Crippen molar-refractivity contribution in [2.45, 2.75) is 45.1 Å². The van der Waals surface area contributed by atoms with Crippen LogP contribution < -0.4 is 5.32 Å². The molecule has 0 radical (unpaired) electrons. The Labute approximate surface area is 128 Å². The molecule has 1 fully saturated rings. The Balaban J connectivity index is 1.92. The summed E-state index contributed by atoms with van der Waals surface area (Å²) in [6.45, 7) is 2.19. The van der Waals surface area contributed by atoms with Crippen molar-refractivity contribution >= 4 is 21.9 Å². The summed E-state index contributed by atoms with van der Waals surface area (Å²) in [4.78, 5) is 4.49. The molecule has 0 aliphatic heterocycles. The number of nitrogens with one attached hydrogen (secondary N) is 1. The summed E-state index contributed by atoms with van der Waals surface area (Å²) in [5, 5.41) is 3.59. The zero-order chi connectivity index (χ0) is 13.9. The van der Waals surface area contributed by atoms with Crippen molar-refractivity contribution in [3.05, 3.63) is 40.6 Å². The lowest BCUT2D eigenvalue weighted by molar-refractivity contribution is 0.740. The molecule has 1 aliphatic carbocycles. The molecule has 1 aromatic heterocycles. The van der Waals surface area contributed by atoms with Crippen molar-refractivity contribution in [3.8, 4) is 5.69 Å². The third kappa shape index (κ3) is 2.75. The molecule has 0 amide bonds. The van der Waals surface area contributed by atoms with Gasteiger partial charge in [-0.1, -0.05) is 35.7 Å². The van der Waals surface area contributed by atoms with Gasteiger partial charge in [0.2, 0.25) is 5.95 Å². The van der Waals surface area contributed by atoms with E-state index >= 15 is 0 Å². The second-order valence-electron chi connectivity index (χ2n) is 5.37. The highest BCUT2D eigenvalue weighted by atomic mass is 79.9. The third-order valence-electron chi connectivity index (χ3n) is 4.01. The quantitative estimate of drug-likeness (QED) is 0.889. The van der Waals surface area contributed by atoms with Crippen LogP contribution in [0, 0.1) is 0 Å². The molecule has 20 heavy (non-hydrogen) atoms. The van der Waals surface area contributed by atoms with Gasteiger partial charge in [0.15, 0.2) is 0 Å². The Bertz CT molecular complexity index is 585. The zero-order valence-corrected chi connectivity index (χ0v) is 13.4. The number of nitrogens with zero attached hydrogens (tertiary/aromatic N) is 2. The van der Waals surface area contributed by atoms with Gasteiger partial charge in [-0.05, 0) is 43.0 Å². The fourth-order valence-electron chi connectivity index (χ4n) is 2.93. The third-order valence-corrected chi connectivity index (χ3v) is 4.50. The van der Waals surface area contributed by atoms with Gasteiger partial charge in [0.1, 0.15) is 0 Å². The van der Waals surface area contributed by atoms with Crippen LogP contribution in [0.25, 0.3) is 5.69 Å². The van der Waals surface area contributed by atoms with E-state index in [9.17, 15) is 0 Å². The second-order valence-corrected chi connectivity index (χ2v) is 6.29. The molecular weight excluding hydrogens is 314 g/mol. The minimum absolute atomic E-state index is 0.580. The minimum Gasteiger partial charge on any atom is -0.353 e. The molecule has 4 heteroatoms. The van der Waals surface area contributed by atoms with E-state index in [1.807, 2.05) is 12.4 Å². The highest BCUT2D eigenvalue weighted by Crippen LogP contribution is 2.26. The van der Waals surface area contributed by atoms with Crippen molar-refractivity contribution in [1.29, 1.82) is 0 Å². The monoisotopic (exact) mass is 333 g/mol. The van der Waals surface area contributed by atoms with Crippen LogP contribution in [0.15, 0.2) is 35.1 Å². The van der Waals surface area contributed by atoms with E-state index in [1.54, 1.807) is 0 Å². The number of benzene rings is 1. The van der Waals surface area contributed by atoms with Gasteiger partial charge in [0.25, 0.3) is 0 Å². The SMILES string of the molecule is CCc1cc(Br)ccc1-n1ccnc1NC1CCCC1. The van der Waals surface area contributed by atoms with Crippen molar-refractivity contribution in [3.63, 3.8) is 0 Å². The average Bonchev–Trinajstić information content (AvgIpc) is 3.11. The first-order valence-electron chi connectivity index (χ1n) is 7.36. The molecule has 106 valence electrons. The molecule has 0 atom stereocenters. The van der Waals surface area contributed by atoms with Gasteiger partial charge in [0.05, 0.1) is 5.69 Å². The predicted octanol–water partition coefficient (Wildman–Crippen LogP) is 4.55. The summed E-state index contributed by atoms with van der Waals surface area (Å²) in [5.41, 5.74) is 2.54. The normalized spacial score (nSPS) is 15.7. The first-order chi connectivity index (χ1) is 9.78. The number of rotatable bonds is 4. The Hall–Kier alpha value is -1.29. The molecule has 3 nitrogen and oxygen atoms in total. The van der Waals surface area contributed by atoms with E-state index in [4.69, 9.17) is 0 Å². The molecule has 0 saturated heterocycles. The summed E-state index contributed by atoms with van der Waals surface area (Å²) in [7, 11) is 0. The Morgan fingerprint density at radius 2 is 2.15 bits per heavy atom. The molecule has 1 aromatic carbocycles. The highest BCUT2D eigenvalue weighted by molar-refractivity contribution is 9.10. The van der Waals surface area contributed by atoms with Crippen molar-refractivity contribution in [2.24, 2.45) is 0 Å². The number of aryl methyl sites for hydroxylation is 1. The lowest BCUT2D eigenvalue weighted by Crippen LogP contribution is -2.18.